The molecule has 0 aromatic carbocycles. The average Bonchev–Trinajstić information content (AvgIpc) is 2.91. The highest BCUT2D eigenvalue weighted by molar-refractivity contribution is 5.70. The largest absolute Gasteiger partial charge is 0.383 e. The first kappa shape index (κ1) is 14.6. The van der Waals surface area contributed by atoms with Crippen molar-refractivity contribution in [2.24, 2.45) is 0 Å². The van der Waals surface area contributed by atoms with E-state index in [1.807, 2.05) is 17.1 Å². The zero-order valence-corrected chi connectivity index (χ0v) is 13.3. The van der Waals surface area contributed by atoms with Crippen molar-refractivity contribution in [2.75, 3.05) is 5.73 Å². The summed E-state index contributed by atoms with van der Waals surface area (Å²) < 4.78 is 4.01. The lowest BCUT2D eigenvalue weighted by atomic mass is 9.95. The van der Waals surface area contributed by atoms with Crippen molar-refractivity contribution in [1.29, 1.82) is 0 Å². The molecule has 0 fully saturated rings. The number of nitrogens with two attached hydrogens (primary N) is 1. The summed E-state index contributed by atoms with van der Waals surface area (Å²) in [6, 6.07) is 0.284. The van der Waals surface area contributed by atoms with Crippen LogP contribution in [0, 0.1) is 0 Å². The van der Waals surface area contributed by atoms with Crippen LogP contribution < -0.4 is 5.73 Å². The molecule has 2 heterocycles. The standard InChI is InChI=1S/C15H25N5/c1-7-19-9-11(8-17-19)12-13(16)20(10(2)3)14(18-12)15(4,5)6/h8-10H,7,16H2,1-6H3. The zero-order chi connectivity index (χ0) is 15.1. The Kier molecular flexibility index (Phi) is 3.63. The Morgan fingerprint density at radius 2 is 1.95 bits per heavy atom. The van der Waals surface area contributed by atoms with Gasteiger partial charge in [0.15, 0.2) is 0 Å². The molecule has 0 atom stereocenters. The average molecular weight is 275 g/mol. The highest BCUT2D eigenvalue weighted by Crippen LogP contribution is 2.34. The Bertz CT molecular complexity index is 598. The molecule has 0 bridgehead atoms. The summed E-state index contributed by atoms with van der Waals surface area (Å²) in [6.45, 7) is 13.6. The minimum Gasteiger partial charge on any atom is -0.383 e. The van der Waals surface area contributed by atoms with E-state index in [1.54, 1.807) is 0 Å². The van der Waals surface area contributed by atoms with E-state index in [9.17, 15) is 0 Å². The van der Waals surface area contributed by atoms with Crippen LogP contribution in [0.3, 0.4) is 0 Å². The second-order valence-electron chi connectivity index (χ2n) is 6.47. The zero-order valence-electron chi connectivity index (χ0n) is 13.3. The van der Waals surface area contributed by atoms with E-state index >= 15 is 0 Å². The maximum atomic E-state index is 6.35. The van der Waals surface area contributed by atoms with Crippen LogP contribution in [-0.2, 0) is 12.0 Å². The molecule has 5 nitrogen and oxygen atoms in total. The normalized spacial score (nSPS) is 12.3. The number of imidazole rings is 1. The Balaban J connectivity index is 2.61. The third-order valence-electron chi connectivity index (χ3n) is 3.37. The smallest absolute Gasteiger partial charge is 0.132 e. The molecule has 2 aromatic heterocycles. The fraction of sp³-hybridized carbons (Fsp3) is 0.600. The molecule has 0 amide bonds. The minimum absolute atomic E-state index is 0.0443. The molecule has 0 aliphatic rings. The van der Waals surface area contributed by atoms with E-state index in [-0.39, 0.29) is 11.5 Å². The molecule has 0 unspecified atom stereocenters. The molecule has 2 N–H and O–H groups in total. The van der Waals surface area contributed by atoms with Gasteiger partial charge in [-0.15, -0.1) is 0 Å². The van der Waals surface area contributed by atoms with Crippen molar-refractivity contribution in [3.8, 4) is 11.3 Å². The van der Waals surface area contributed by atoms with Gasteiger partial charge in [-0.3, -0.25) is 4.68 Å². The number of anilines is 1. The Hall–Kier alpha value is -1.78. The highest BCUT2D eigenvalue weighted by Gasteiger charge is 2.27. The summed E-state index contributed by atoms with van der Waals surface area (Å²) in [7, 11) is 0. The minimum atomic E-state index is -0.0443. The molecule has 0 radical (unpaired) electrons. The fourth-order valence-corrected chi connectivity index (χ4v) is 2.37. The van der Waals surface area contributed by atoms with Crippen LogP contribution in [0.4, 0.5) is 5.82 Å². The molecule has 0 aliphatic carbocycles. The van der Waals surface area contributed by atoms with E-state index in [2.05, 4.69) is 51.2 Å². The summed E-state index contributed by atoms with van der Waals surface area (Å²) in [6.07, 6.45) is 3.83. The first-order valence-corrected chi connectivity index (χ1v) is 7.16. The summed E-state index contributed by atoms with van der Waals surface area (Å²) in [5.41, 5.74) is 8.12. The van der Waals surface area contributed by atoms with Gasteiger partial charge < -0.3 is 10.3 Å². The summed E-state index contributed by atoms with van der Waals surface area (Å²) in [4.78, 5) is 4.80. The molecule has 0 spiro atoms. The van der Waals surface area contributed by atoms with Crippen LogP contribution in [0.2, 0.25) is 0 Å². The van der Waals surface area contributed by atoms with E-state index in [0.717, 1.165) is 29.4 Å². The van der Waals surface area contributed by atoms with Crippen LogP contribution in [0.25, 0.3) is 11.3 Å². The summed E-state index contributed by atoms with van der Waals surface area (Å²) >= 11 is 0. The van der Waals surface area contributed by atoms with Crippen molar-refractivity contribution >= 4 is 5.82 Å². The number of hydrogen-bond acceptors (Lipinski definition) is 3. The number of hydrogen-bond donors (Lipinski definition) is 1. The predicted molar refractivity (Wildman–Crippen MR) is 82.6 cm³/mol. The Labute approximate surface area is 120 Å². The van der Waals surface area contributed by atoms with Gasteiger partial charge in [-0.05, 0) is 20.8 Å². The van der Waals surface area contributed by atoms with Crippen molar-refractivity contribution in [3.63, 3.8) is 0 Å². The Morgan fingerprint density at radius 3 is 2.35 bits per heavy atom. The lowest BCUT2D eigenvalue weighted by Crippen LogP contribution is -2.21. The van der Waals surface area contributed by atoms with Gasteiger partial charge in [0.05, 0.1) is 6.20 Å². The van der Waals surface area contributed by atoms with Gasteiger partial charge in [-0.25, -0.2) is 4.98 Å². The molecule has 5 heteroatoms. The lowest BCUT2D eigenvalue weighted by Gasteiger charge is -2.22. The summed E-state index contributed by atoms with van der Waals surface area (Å²) in [5, 5.41) is 4.31. The second-order valence-corrected chi connectivity index (χ2v) is 6.47. The monoisotopic (exact) mass is 275 g/mol. The SMILES string of the molecule is CCn1cc(-c2nc(C(C)(C)C)n(C(C)C)c2N)cn1. The van der Waals surface area contributed by atoms with Gasteiger partial charge in [0.25, 0.3) is 0 Å². The molecular weight excluding hydrogens is 250 g/mol. The van der Waals surface area contributed by atoms with Crippen molar-refractivity contribution < 1.29 is 0 Å². The maximum Gasteiger partial charge on any atom is 0.132 e. The number of rotatable bonds is 3. The maximum absolute atomic E-state index is 6.35. The van der Waals surface area contributed by atoms with Gasteiger partial charge >= 0.3 is 0 Å². The van der Waals surface area contributed by atoms with Crippen LogP contribution in [0.1, 0.15) is 53.4 Å². The molecular formula is C15H25N5. The number of aryl methyl sites for hydroxylation is 1. The van der Waals surface area contributed by atoms with E-state index < -0.39 is 0 Å². The fourth-order valence-electron chi connectivity index (χ4n) is 2.37. The molecule has 20 heavy (non-hydrogen) atoms. The highest BCUT2D eigenvalue weighted by atomic mass is 15.3. The molecule has 0 saturated carbocycles. The molecule has 0 saturated heterocycles. The van der Waals surface area contributed by atoms with Gasteiger partial charge in [0.1, 0.15) is 17.3 Å². The van der Waals surface area contributed by atoms with E-state index in [1.165, 1.54) is 0 Å². The third-order valence-corrected chi connectivity index (χ3v) is 3.37. The van der Waals surface area contributed by atoms with Crippen LogP contribution in [-0.4, -0.2) is 19.3 Å². The van der Waals surface area contributed by atoms with Gasteiger partial charge in [0.2, 0.25) is 0 Å². The van der Waals surface area contributed by atoms with Crippen molar-refractivity contribution in [2.45, 2.75) is 59.5 Å². The second kappa shape index (κ2) is 4.96. The molecule has 0 aliphatic heterocycles. The number of nitrogens with zero attached hydrogens (tertiary/aromatic N) is 4. The first-order chi connectivity index (χ1) is 9.25. The quantitative estimate of drug-likeness (QED) is 0.935. The molecule has 110 valence electrons. The van der Waals surface area contributed by atoms with Crippen LogP contribution >= 0.6 is 0 Å². The first-order valence-electron chi connectivity index (χ1n) is 7.16. The molecule has 2 aromatic rings. The topological polar surface area (TPSA) is 61.7 Å². The molecule has 2 rings (SSSR count). The van der Waals surface area contributed by atoms with Crippen LogP contribution in [0.15, 0.2) is 12.4 Å². The Morgan fingerprint density at radius 1 is 1.30 bits per heavy atom. The van der Waals surface area contributed by atoms with Gasteiger partial charge in [-0.1, -0.05) is 20.8 Å². The van der Waals surface area contributed by atoms with E-state index in [0.29, 0.717) is 0 Å². The van der Waals surface area contributed by atoms with Crippen molar-refractivity contribution in [3.05, 3.63) is 18.2 Å². The number of aromatic nitrogens is 4. The van der Waals surface area contributed by atoms with Gasteiger partial charge in [-0.2, -0.15) is 5.10 Å². The number of nitrogen functional groups attached to an aromatic ring is 1. The van der Waals surface area contributed by atoms with Crippen molar-refractivity contribution in [1.82, 2.24) is 19.3 Å². The van der Waals surface area contributed by atoms with Gasteiger partial charge in [0, 0.05) is 29.8 Å². The lowest BCUT2D eigenvalue weighted by molar-refractivity contribution is 0.473. The van der Waals surface area contributed by atoms with E-state index in [4.69, 9.17) is 10.7 Å². The third kappa shape index (κ3) is 2.44. The summed E-state index contributed by atoms with van der Waals surface area (Å²) in [5.74, 6) is 1.74. The predicted octanol–water partition coefficient (Wildman–Crippen LogP) is 3.23. The van der Waals surface area contributed by atoms with Crippen LogP contribution in [0.5, 0.6) is 0 Å².